The number of carboxylic acids is 1. The molecule has 3 aromatic carbocycles. The molecule has 5 aromatic rings. The van der Waals surface area contributed by atoms with Gasteiger partial charge in [-0.2, -0.15) is 13.2 Å². The fraction of sp³-hybridized carbons (Fsp3) is 0.294. The van der Waals surface area contributed by atoms with Crippen LogP contribution in [-0.4, -0.2) is 30.6 Å². The Morgan fingerprint density at radius 1 is 0.955 bits per heavy atom. The second-order valence-electron chi connectivity index (χ2n) is 11.3. The molecular formula is C34H31F3N4O3. The van der Waals surface area contributed by atoms with Crippen molar-refractivity contribution in [3.63, 3.8) is 0 Å². The summed E-state index contributed by atoms with van der Waals surface area (Å²) < 4.78 is 47.1. The molecule has 0 saturated heterocycles. The lowest BCUT2D eigenvalue weighted by Crippen LogP contribution is -2.27. The van der Waals surface area contributed by atoms with Crippen LogP contribution in [0.4, 0.5) is 13.2 Å². The van der Waals surface area contributed by atoms with Crippen molar-refractivity contribution in [2.45, 2.75) is 57.9 Å². The Morgan fingerprint density at radius 2 is 1.61 bits per heavy atom. The Hall–Kier alpha value is -4.73. The molecule has 226 valence electrons. The van der Waals surface area contributed by atoms with Crippen LogP contribution >= 0.6 is 0 Å². The number of hydrogen-bond donors (Lipinski definition) is 1. The van der Waals surface area contributed by atoms with E-state index in [2.05, 4.69) is 14.5 Å². The topological polar surface area (TPSA) is 90.1 Å². The smallest absolute Gasteiger partial charge is 0.416 e. The van der Waals surface area contributed by atoms with E-state index in [9.17, 15) is 23.1 Å². The van der Waals surface area contributed by atoms with Crippen molar-refractivity contribution >= 4 is 17.0 Å². The van der Waals surface area contributed by atoms with Gasteiger partial charge in [-0.25, -0.2) is 15.0 Å². The SMILES string of the molecule is Cc1cnc(COc2ccc3nc(C4CCCCC4C(=O)O)n(Cc4ccc(-c5ccc(C(F)(F)F)cc5)cc4)c3c2)nc1. The molecule has 1 aliphatic rings. The van der Waals surface area contributed by atoms with Gasteiger partial charge < -0.3 is 14.4 Å². The summed E-state index contributed by atoms with van der Waals surface area (Å²) in [5, 5.41) is 10.0. The van der Waals surface area contributed by atoms with Gasteiger partial charge in [0.2, 0.25) is 0 Å². The molecule has 44 heavy (non-hydrogen) atoms. The molecule has 1 N–H and O–H groups in total. The molecule has 7 nitrogen and oxygen atoms in total. The molecule has 2 heterocycles. The number of nitrogens with zero attached hydrogens (tertiary/aromatic N) is 4. The molecule has 1 aliphatic carbocycles. The number of aliphatic carboxylic acids is 1. The average molecular weight is 601 g/mol. The third kappa shape index (κ3) is 6.29. The van der Waals surface area contributed by atoms with E-state index in [-0.39, 0.29) is 12.5 Å². The maximum Gasteiger partial charge on any atom is 0.416 e. The lowest BCUT2D eigenvalue weighted by atomic mass is 9.78. The van der Waals surface area contributed by atoms with Crippen molar-refractivity contribution in [2.75, 3.05) is 0 Å². The lowest BCUT2D eigenvalue weighted by molar-refractivity contribution is -0.143. The summed E-state index contributed by atoms with van der Waals surface area (Å²) in [6.45, 7) is 2.55. The van der Waals surface area contributed by atoms with Crippen molar-refractivity contribution in [1.29, 1.82) is 0 Å². The van der Waals surface area contributed by atoms with E-state index in [1.54, 1.807) is 12.4 Å². The molecule has 6 rings (SSSR count). The molecule has 0 spiro atoms. The second-order valence-corrected chi connectivity index (χ2v) is 11.3. The van der Waals surface area contributed by atoms with Crippen LogP contribution in [0, 0.1) is 12.8 Å². The molecule has 0 aliphatic heterocycles. The van der Waals surface area contributed by atoms with Gasteiger partial charge in [0.05, 0.1) is 22.5 Å². The van der Waals surface area contributed by atoms with E-state index in [4.69, 9.17) is 9.72 Å². The van der Waals surface area contributed by atoms with Crippen molar-refractivity contribution in [2.24, 2.45) is 5.92 Å². The molecule has 2 atom stereocenters. The van der Waals surface area contributed by atoms with Gasteiger partial charge in [-0.1, -0.05) is 49.2 Å². The number of aryl methyl sites for hydroxylation is 1. The Kier molecular flexibility index (Phi) is 8.07. The van der Waals surface area contributed by atoms with E-state index in [1.165, 1.54) is 12.1 Å². The molecule has 2 aromatic heterocycles. The van der Waals surface area contributed by atoms with Gasteiger partial charge in [0, 0.05) is 30.9 Å². The van der Waals surface area contributed by atoms with Crippen LogP contribution < -0.4 is 4.74 Å². The Labute approximate surface area is 252 Å². The van der Waals surface area contributed by atoms with Crippen molar-refractivity contribution in [1.82, 2.24) is 19.5 Å². The minimum atomic E-state index is -4.38. The Balaban J connectivity index is 1.32. The monoisotopic (exact) mass is 600 g/mol. The van der Waals surface area contributed by atoms with Crippen LogP contribution in [0.2, 0.25) is 0 Å². The predicted octanol–water partition coefficient (Wildman–Crippen LogP) is 7.81. The van der Waals surface area contributed by atoms with Crippen molar-refractivity contribution in [3.8, 4) is 16.9 Å². The number of rotatable bonds is 8. The average Bonchev–Trinajstić information content (AvgIpc) is 3.38. The number of ether oxygens (including phenoxy) is 1. The van der Waals surface area contributed by atoms with Crippen LogP contribution in [-0.2, 0) is 24.1 Å². The maximum atomic E-state index is 13.0. The first-order valence-electron chi connectivity index (χ1n) is 14.6. The first kappa shape index (κ1) is 29.3. The van der Waals surface area contributed by atoms with Gasteiger partial charge in [-0.05, 0) is 66.3 Å². The van der Waals surface area contributed by atoms with Gasteiger partial charge >= 0.3 is 12.1 Å². The van der Waals surface area contributed by atoms with E-state index < -0.39 is 23.6 Å². The quantitative estimate of drug-likeness (QED) is 0.195. The molecule has 0 bridgehead atoms. The minimum Gasteiger partial charge on any atom is -0.486 e. The van der Waals surface area contributed by atoms with E-state index >= 15 is 0 Å². The van der Waals surface area contributed by atoms with Crippen molar-refractivity contribution in [3.05, 3.63) is 107 Å². The summed E-state index contributed by atoms with van der Waals surface area (Å²) in [6, 6.07) is 18.4. The number of aromatic nitrogens is 4. The van der Waals surface area contributed by atoms with Gasteiger partial charge in [0.1, 0.15) is 18.2 Å². The van der Waals surface area contributed by atoms with Crippen molar-refractivity contribution < 1.29 is 27.8 Å². The highest BCUT2D eigenvalue weighted by molar-refractivity contribution is 5.79. The number of fused-ring (bicyclic) bond motifs is 1. The maximum absolute atomic E-state index is 13.0. The number of benzene rings is 3. The number of halogens is 3. The molecular weight excluding hydrogens is 569 g/mol. The molecule has 2 unspecified atom stereocenters. The van der Waals surface area contributed by atoms with Crippen LogP contribution in [0.3, 0.4) is 0 Å². The third-order valence-corrected chi connectivity index (χ3v) is 8.21. The van der Waals surface area contributed by atoms with Gasteiger partial charge in [-0.15, -0.1) is 0 Å². The fourth-order valence-electron chi connectivity index (χ4n) is 5.87. The molecule has 1 saturated carbocycles. The number of carboxylic acid groups (broad SMARTS) is 1. The zero-order chi connectivity index (χ0) is 30.8. The number of carbonyl (C=O) groups is 1. The van der Waals surface area contributed by atoms with Gasteiger partial charge in [0.15, 0.2) is 5.82 Å². The molecule has 1 fully saturated rings. The number of alkyl halides is 3. The molecule has 10 heteroatoms. The highest BCUT2D eigenvalue weighted by Crippen LogP contribution is 2.40. The van der Waals surface area contributed by atoms with E-state index in [0.29, 0.717) is 30.1 Å². The van der Waals surface area contributed by atoms with Crippen LogP contribution in [0.1, 0.15) is 59.9 Å². The second kappa shape index (κ2) is 12.1. The molecule has 0 amide bonds. The largest absolute Gasteiger partial charge is 0.486 e. The first-order valence-corrected chi connectivity index (χ1v) is 14.6. The molecule has 0 radical (unpaired) electrons. The lowest BCUT2D eigenvalue weighted by Gasteiger charge is -2.28. The Bertz CT molecular complexity index is 1770. The summed E-state index contributed by atoms with van der Waals surface area (Å²) in [6.07, 6.45) is 2.25. The van der Waals surface area contributed by atoms with E-state index in [0.717, 1.165) is 64.9 Å². The normalized spacial score (nSPS) is 17.1. The van der Waals surface area contributed by atoms with Gasteiger partial charge in [-0.3, -0.25) is 4.79 Å². The Morgan fingerprint density at radius 3 is 2.27 bits per heavy atom. The first-order chi connectivity index (χ1) is 21.2. The van der Waals surface area contributed by atoms with Crippen LogP contribution in [0.15, 0.2) is 79.1 Å². The highest BCUT2D eigenvalue weighted by atomic mass is 19.4. The fourth-order valence-corrected chi connectivity index (χ4v) is 5.87. The summed E-state index contributed by atoms with van der Waals surface area (Å²) in [5.74, 6) is 0.352. The van der Waals surface area contributed by atoms with Crippen LogP contribution in [0.25, 0.3) is 22.2 Å². The standard InChI is InChI=1S/C34H31F3N4O3/c1-21-17-38-31(39-18-21)20-44-26-14-15-29-30(16-26)41(32(40-29)27-4-2-3-5-28(27)33(42)43)19-22-6-8-23(9-7-22)24-10-12-25(13-11-24)34(35,36)37/h6-18,27-28H,2-5,19-20H2,1H3,(H,42,43). The summed E-state index contributed by atoms with van der Waals surface area (Å²) >= 11 is 0. The summed E-state index contributed by atoms with van der Waals surface area (Å²) in [5.41, 5.74) is 4.27. The zero-order valence-electron chi connectivity index (χ0n) is 24.1. The van der Waals surface area contributed by atoms with Gasteiger partial charge in [0.25, 0.3) is 0 Å². The number of hydrogen-bond acceptors (Lipinski definition) is 5. The predicted molar refractivity (Wildman–Crippen MR) is 159 cm³/mol. The highest BCUT2D eigenvalue weighted by Gasteiger charge is 2.35. The third-order valence-electron chi connectivity index (χ3n) is 8.21. The minimum absolute atomic E-state index is 0.196. The van der Waals surface area contributed by atoms with Crippen LogP contribution in [0.5, 0.6) is 5.75 Å². The van der Waals surface area contributed by atoms with E-state index in [1.807, 2.05) is 49.4 Å². The number of imidazole rings is 1. The summed E-state index contributed by atoms with van der Waals surface area (Å²) in [4.78, 5) is 25.8. The zero-order valence-corrected chi connectivity index (χ0v) is 24.1. The summed E-state index contributed by atoms with van der Waals surface area (Å²) in [7, 11) is 0.